The van der Waals surface area contributed by atoms with Crippen molar-refractivity contribution in [1.29, 1.82) is 0 Å². The molecule has 0 amide bonds. The highest BCUT2D eigenvalue weighted by Gasteiger charge is 2.38. The lowest BCUT2D eigenvalue weighted by molar-refractivity contribution is -0.389. The minimum atomic E-state index is -5.29. The lowest BCUT2D eigenvalue weighted by atomic mass is 10.2. The van der Waals surface area contributed by atoms with Gasteiger partial charge in [-0.1, -0.05) is 0 Å². The van der Waals surface area contributed by atoms with Crippen LogP contribution in [0, 0.1) is 10.1 Å². The Morgan fingerprint density at radius 2 is 2.11 bits per heavy atom. The standard InChI is InChI=1S/C8H5F3N2O6/c1-18-7(15)4-5(14)6(19-8(9,10)11)3(2-12-4)13(16)17/h2,14H,1H3. The Labute approximate surface area is 102 Å². The highest BCUT2D eigenvalue weighted by molar-refractivity contribution is 5.91. The molecule has 8 nitrogen and oxygen atoms in total. The second-order valence-corrected chi connectivity index (χ2v) is 2.97. The van der Waals surface area contributed by atoms with Crippen LogP contribution in [0.3, 0.4) is 0 Å². The number of hydrogen-bond acceptors (Lipinski definition) is 7. The molecule has 0 aliphatic carbocycles. The zero-order chi connectivity index (χ0) is 14.8. The van der Waals surface area contributed by atoms with E-state index < -0.39 is 40.1 Å². The third-order valence-corrected chi connectivity index (χ3v) is 1.78. The van der Waals surface area contributed by atoms with Gasteiger partial charge < -0.3 is 14.6 Å². The molecule has 1 aromatic heterocycles. The molecule has 0 fully saturated rings. The molecule has 11 heteroatoms. The van der Waals surface area contributed by atoms with Gasteiger partial charge in [0, 0.05) is 0 Å². The molecule has 1 N–H and O–H groups in total. The number of carbonyl (C=O) groups is 1. The molecule has 19 heavy (non-hydrogen) atoms. The number of halogens is 3. The van der Waals surface area contributed by atoms with E-state index in [1.165, 1.54) is 0 Å². The fourth-order valence-corrected chi connectivity index (χ4v) is 1.07. The maximum atomic E-state index is 12.1. The number of alkyl halides is 3. The van der Waals surface area contributed by atoms with E-state index in [0.29, 0.717) is 6.20 Å². The van der Waals surface area contributed by atoms with Crippen LogP contribution < -0.4 is 4.74 Å². The SMILES string of the molecule is COC(=O)c1ncc([N+](=O)[O-])c(OC(F)(F)F)c1O. The Kier molecular flexibility index (Phi) is 3.77. The largest absolute Gasteiger partial charge is 0.573 e. The van der Waals surface area contributed by atoms with Crippen LogP contribution in [-0.2, 0) is 4.74 Å². The van der Waals surface area contributed by atoms with E-state index in [2.05, 4.69) is 14.5 Å². The molecule has 1 aromatic rings. The molecular formula is C8H5F3N2O6. The highest BCUT2D eigenvalue weighted by Crippen LogP contribution is 2.40. The molecular weight excluding hydrogens is 277 g/mol. The van der Waals surface area contributed by atoms with Crippen molar-refractivity contribution in [2.45, 2.75) is 6.36 Å². The molecule has 0 aliphatic heterocycles. The molecule has 104 valence electrons. The first-order valence-electron chi connectivity index (χ1n) is 4.37. The predicted octanol–water partition coefficient (Wildman–Crippen LogP) is 1.38. The lowest BCUT2D eigenvalue weighted by Gasteiger charge is -2.11. The number of aromatic nitrogens is 1. The molecule has 0 unspecified atom stereocenters. The number of esters is 1. The fourth-order valence-electron chi connectivity index (χ4n) is 1.07. The van der Waals surface area contributed by atoms with Gasteiger partial charge in [-0.25, -0.2) is 9.78 Å². The first-order chi connectivity index (χ1) is 8.67. The van der Waals surface area contributed by atoms with Crippen molar-refractivity contribution in [3.8, 4) is 11.5 Å². The normalized spacial score (nSPS) is 10.9. The van der Waals surface area contributed by atoms with Crippen LogP contribution in [0.15, 0.2) is 6.20 Å². The van der Waals surface area contributed by atoms with Crippen molar-refractivity contribution < 1.29 is 37.5 Å². The van der Waals surface area contributed by atoms with Gasteiger partial charge in [-0.15, -0.1) is 13.2 Å². The zero-order valence-electron chi connectivity index (χ0n) is 9.09. The summed E-state index contributed by atoms with van der Waals surface area (Å²) in [6.07, 6.45) is -4.95. The molecule has 1 rings (SSSR count). The summed E-state index contributed by atoms with van der Waals surface area (Å²) < 4.78 is 43.7. The van der Waals surface area contributed by atoms with Crippen LogP contribution in [0.1, 0.15) is 10.5 Å². The van der Waals surface area contributed by atoms with E-state index in [1.807, 2.05) is 0 Å². The Hall–Kier alpha value is -2.59. The van der Waals surface area contributed by atoms with Gasteiger partial charge in [-0.05, 0) is 0 Å². The molecule has 1 heterocycles. The fraction of sp³-hybridized carbons (Fsp3) is 0.250. The van der Waals surface area contributed by atoms with Crippen LogP contribution in [0.25, 0.3) is 0 Å². The quantitative estimate of drug-likeness (QED) is 0.506. The van der Waals surface area contributed by atoms with Crippen molar-refractivity contribution in [2.75, 3.05) is 7.11 Å². The Bertz CT molecular complexity index is 530. The van der Waals surface area contributed by atoms with Crippen LogP contribution in [0.5, 0.6) is 11.5 Å². The lowest BCUT2D eigenvalue weighted by Crippen LogP contribution is -2.19. The summed E-state index contributed by atoms with van der Waals surface area (Å²) in [5.74, 6) is -4.24. The van der Waals surface area contributed by atoms with Gasteiger partial charge in [-0.3, -0.25) is 10.1 Å². The van der Waals surface area contributed by atoms with Crippen LogP contribution in [-0.4, -0.2) is 34.5 Å². The summed E-state index contributed by atoms with van der Waals surface area (Å²) in [5, 5.41) is 19.9. The van der Waals surface area contributed by atoms with Gasteiger partial charge in [0.1, 0.15) is 6.20 Å². The number of hydrogen-bond donors (Lipinski definition) is 1. The van der Waals surface area contributed by atoms with Gasteiger partial charge in [0.15, 0.2) is 11.4 Å². The van der Waals surface area contributed by atoms with Crippen molar-refractivity contribution in [2.24, 2.45) is 0 Å². The van der Waals surface area contributed by atoms with Gasteiger partial charge in [0.05, 0.1) is 12.0 Å². The topological polar surface area (TPSA) is 112 Å². The zero-order valence-corrected chi connectivity index (χ0v) is 9.09. The third-order valence-electron chi connectivity index (χ3n) is 1.78. The number of nitro groups is 1. The summed E-state index contributed by atoms with van der Waals surface area (Å²) in [7, 11) is 0.884. The number of rotatable bonds is 3. The van der Waals surface area contributed by atoms with E-state index >= 15 is 0 Å². The summed E-state index contributed by atoms with van der Waals surface area (Å²) in [4.78, 5) is 23.5. The third kappa shape index (κ3) is 3.20. The monoisotopic (exact) mass is 282 g/mol. The second-order valence-electron chi connectivity index (χ2n) is 2.97. The van der Waals surface area contributed by atoms with E-state index in [-0.39, 0.29) is 0 Å². The van der Waals surface area contributed by atoms with Gasteiger partial charge in [0.2, 0.25) is 0 Å². The minimum Gasteiger partial charge on any atom is -0.502 e. The molecule has 0 atom stereocenters. The maximum Gasteiger partial charge on any atom is 0.573 e. The molecule has 0 aromatic carbocycles. The number of carbonyl (C=O) groups excluding carboxylic acids is 1. The Morgan fingerprint density at radius 1 is 1.53 bits per heavy atom. The Balaban J connectivity index is 3.44. The maximum absolute atomic E-state index is 12.1. The smallest absolute Gasteiger partial charge is 0.502 e. The molecule has 0 radical (unpaired) electrons. The van der Waals surface area contributed by atoms with Gasteiger partial charge in [0.25, 0.3) is 5.75 Å². The first-order valence-corrected chi connectivity index (χ1v) is 4.37. The number of nitrogens with zero attached hydrogens (tertiary/aromatic N) is 2. The van der Waals surface area contributed by atoms with Crippen LogP contribution >= 0.6 is 0 Å². The summed E-state index contributed by atoms with van der Waals surface area (Å²) >= 11 is 0. The molecule has 0 saturated carbocycles. The summed E-state index contributed by atoms with van der Waals surface area (Å²) in [6.45, 7) is 0. The average Bonchev–Trinajstić information content (AvgIpc) is 2.28. The molecule has 0 bridgehead atoms. The van der Waals surface area contributed by atoms with Gasteiger partial charge in [-0.2, -0.15) is 0 Å². The van der Waals surface area contributed by atoms with E-state index in [9.17, 15) is 33.2 Å². The van der Waals surface area contributed by atoms with E-state index in [4.69, 9.17) is 0 Å². The Morgan fingerprint density at radius 3 is 2.53 bits per heavy atom. The summed E-state index contributed by atoms with van der Waals surface area (Å²) in [5.41, 5.74) is -2.19. The summed E-state index contributed by atoms with van der Waals surface area (Å²) in [6, 6.07) is 0. The van der Waals surface area contributed by atoms with Crippen molar-refractivity contribution in [3.05, 3.63) is 22.0 Å². The predicted molar refractivity (Wildman–Crippen MR) is 50.6 cm³/mol. The highest BCUT2D eigenvalue weighted by atomic mass is 19.4. The van der Waals surface area contributed by atoms with Crippen LogP contribution in [0.2, 0.25) is 0 Å². The first kappa shape index (κ1) is 14.5. The second kappa shape index (κ2) is 4.96. The molecule has 0 spiro atoms. The minimum absolute atomic E-state index is 0.340. The molecule has 0 saturated heterocycles. The van der Waals surface area contributed by atoms with Crippen molar-refractivity contribution in [1.82, 2.24) is 4.98 Å². The van der Waals surface area contributed by atoms with Crippen molar-refractivity contribution in [3.63, 3.8) is 0 Å². The number of pyridine rings is 1. The number of ether oxygens (including phenoxy) is 2. The van der Waals surface area contributed by atoms with Crippen LogP contribution in [0.4, 0.5) is 18.9 Å². The molecule has 0 aliphatic rings. The van der Waals surface area contributed by atoms with Crippen molar-refractivity contribution >= 4 is 11.7 Å². The van der Waals surface area contributed by atoms with E-state index in [0.717, 1.165) is 7.11 Å². The number of aromatic hydroxyl groups is 1. The van der Waals surface area contributed by atoms with Gasteiger partial charge >= 0.3 is 18.0 Å². The average molecular weight is 282 g/mol. The number of methoxy groups -OCH3 is 1. The van der Waals surface area contributed by atoms with E-state index in [1.54, 1.807) is 0 Å².